The van der Waals surface area contributed by atoms with Crippen LogP contribution in [0.1, 0.15) is 38.5 Å². The summed E-state index contributed by atoms with van der Waals surface area (Å²) >= 11 is 2.20. The number of thioether (sulfide) groups is 1. The molecule has 0 aromatic heterocycles. The standard InChI is InChI=1S/C10H19NS/c1-2-7-11-9(3-1)6-8-12-10-4-5-10/h9-11H,1-8H2. The van der Waals surface area contributed by atoms with Gasteiger partial charge in [0.05, 0.1) is 0 Å². The van der Waals surface area contributed by atoms with Gasteiger partial charge in [-0.25, -0.2) is 0 Å². The van der Waals surface area contributed by atoms with E-state index in [2.05, 4.69) is 17.1 Å². The van der Waals surface area contributed by atoms with E-state index in [9.17, 15) is 0 Å². The molecule has 70 valence electrons. The first-order chi connectivity index (χ1) is 5.95. The van der Waals surface area contributed by atoms with Crippen LogP contribution in [-0.2, 0) is 0 Å². The van der Waals surface area contributed by atoms with Gasteiger partial charge in [0.15, 0.2) is 0 Å². The minimum atomic E-state index is 0.852. The van der Waals surface area contributed by atoms with Crippen molar-refractivity contribution in [1.29, 1.82) is 0 Å². The molecule has 0 aromatic carbocycles. The highest BCUT2D eigenvalue weighted by Gasteiger charge is 2.22. The lowest BCUT2D eigenvalue weighted by molar-refractivity contribution is 0.395. The second kappa shape index (κ2) is 4.52. The molecule has 1 atom stereocenters. The molecule has 0 bridgehead atoms. The third kappa shape index (κ3) is 2.98. The number of hydrogen-bond acceptors (Lipinski definition) is 2. The minimum absolute atomic E-state index is 0.852. The lowest BCUT2D eigenvalue weighted by atomic mass is 10.0. The first-order valence-electron chi connectivity index (χ1n) is 5.30. The van der Waals surface area contributed by atoms with Crippen molar-refractivity contribution in [1.82, 2.24) is 5.32 Å². The maximum Gasteiger partial charge on any atom is 0.00749 e. The van der Waals surface area contributed by atoms with Crippen LogP contribution in [-0.4, -0.2) is 23.6 Å². The van der Waals surface area contributed by atoms with E-state index in [-0.39, 0.29) is 0 Å². The van der Waals surface area contributed by atoms with Gasteiger partial charge < -0.3 is 5.32 Å². The molecule has 1 N–H and O–H groups in total. The molecule has 1 saturated carbocycles. The Hall–Kier alpha value is 0.310. The SMILES string of the molecule is C1CCC(CCSC2CC2)NC1. The zero-order chi connectivity index (χ0) is 8.23. The molecule has 0 amide bonds. The molecule has 2 heteroatoms. The Labute approximate surface area is 79.7 Å². The molecule has 2 rings (SSSR count). The molecule has 1 heterocycles. The van der Waals surface area contributed by atoms with Gasteiger partial charge in [-0.1, -0.05) is 6.42 Å². The Bertz CT molecular complexity index is 128. The van der Waals surface area contributed by atoms with Crippen LogP contribution >= 0.6 is 11.8 Å². The van der Waals surface area contributed by atoms with Gasteiger partial charge in [-0.05, 0) is 44.4 Å². The van der Waals surface area contributed by atoms with Gasteiger partial charge in [0, 0.05) is 11.3 Å². The first kappa shape index (κ1) is 8.89. The fourth-order valence-corrected chi connectivity index (χ4v) is 3.01. The Morgan fingerprint density at radius 3 is 2.75 bits per heavy atom. The normalized spacial score (nSPS) is 30.5. The molecule has 1 saturated heterocycles. The van der Waals surface area contributed by atoms with Crippen molar-refractivity contribution in [3.05, 3.63) is 0 Å². The van der Waals surface area contributed by atoms with Crippen LogP contribution in [0.2, 0.25) is 0 Å². The summed E-state index contributed by atoms with van der Waals surface area (Å²) in [4.78, 5) is 0. The third-order valence-corrected chi connectivity index (χ3v) is 4.17. The number of nitrogens with one attached hydrogen (secondary N) is 1. The van der Waals surface area contributed by atoms with Crippen molar-refractivity contribution in [2.75, 3.05) is 12.3 Å². The molecule has 12 heavy (non-hydrogen) atoms. The molecule has 0 spiro atoms. The zero-order valence-electron chi connectivity index (χ0n) is 7.72. The van der Waals surface area contributed by atoms with E-state index in [0.717, 1.165) is 11.3 Å². The van der Waals surface area contributed by atoms with Gasteiger partial charge in [0.25, 0.3) is 0 Å². The zero-order valence-corrected chi connectivity index (χ0v) is 8.54. The summed E-state index contributed by atoms with van der Waals surface area (Å²) in [6.45, 7) is 1.26. The topological polar surface area (TPSA) is 12.0 Å². The average Bonchev–Trinajstić information content (AvgIpc) is 2.90. The van der Waals surface area contributed by atoms with E-state index in [1.807, 2.05) is 0 Å². The van der Waals surface area contributed by atoms with E-state index >= 15 is 0 Å². The van der Waals surface area contributed by atoms with Gasteiger partial charge in [-0.3, -0.25) is 0 Å². The van der Waals surface area contributed by atoms with Crippen LogP contribution in [0.25, 0.3) is 0 Å². The molecule has 1 unspecified atom stereocenters. The summed E-state index contributed by atoms with van der Waals surface area (Å²) in [6.07, 6.45) is 8.65. The quantitative estimate of drug-likeness (QED) is 0.722. The molecule has 2 aliphatic rings. The van der Waals surface area contributed by atoms with Crippen LogP contribution < -0.4 is 5.32 Å². The van der Waals surface area contributed by atoms with Crippen LogP contribution in [0.4, 0.5) is 0 Å². The smallest absolute Gasteiger partial charge is 0.00749 e. The average molecular weight is 185 g/mol. The van der Waals surface area contributed by atoms with Crippen molar-refractivity contribution >= 4 is 11.8 Å². The van der Waals surface area contributed by atoms with Crippen LogP contribution in [0.5, 0.6) is 0 Å². The van der Waals surface area contributed by atoms with Crippen molar-refractivity contribution in [3.63, 3.8) is 0 Å². The predicted molar refractivity (Wildman–Crippen MR) is 55.7 cm³/mol. The maximum absolute atomic E-state index is 3.60. The van der Waals surface area contributed by atoms with Crippen LogP contribution in [0, 0.1) is 0 Å². The lowest BCUT2D eigenvalue weighted by Gasteiger charge is -2.23. The Balaban J connectivity index is 1.52. The van der Waals surface area contributed by atoms with E-state index < -0.39 is 0 Å². The molecule has 1 nitrogen and oxygen atoms in total. The van der Waals surface area contributed by atoms with Crippen LogP contribution in [0.15, 0.2) is 0 Å². The maximum atomic E-state index is 3.60. The number of piperidine rings is 1. The lowest BCUT2D eigenvalue weighted by Crippen LogP contribution is -2.34. The van der Waals surface area contributed by atoms with E-state index in [1.165, 1.54) is 50.8 Å². The van der Waals surface area contributed by atoms with E-state index in [4.69, 9.17) is 0 Å². The fourth-order valence-electron chi connectivity index (χ4n) is 1.78. The number of rotatable bonds is 4. The summed E-state index contributed by atoms with van der Waals surface area (Å²) < 4.78 is 0. The van der Waals surface area contributed by atoms with Gasteiger partial charge in [-0.15, -0.1) is 0 Å². The van der Waals surface area contributed by atoms with Crippen LogP contribution in [0.3, 0.4) is 0 Å². The highest BCUT2D eigenvalue weighted by molar-refractivity contribution is 8.00. The van der Waals surface area contributed by atoms with Crippen molar-refractivity contribution in [2.24, 2.45) is 0 Å². The molecular formula is C10H19NS. The summed E-state index contributed by atoms with van der Waals surface area (Å²) in [5.74, 6) is 1.39. The van der Waals surface area contributed by atoms with Gasteiger partial charge in [0.2, 0.25) is 0 Å². The monoisotopic (exact) mass is 185 g/mol. The van der Waals surface area contributed by atoms with Crippen molar-refractivity contribution in [3.8, 4) is 0 Å². The summed E-state index contributed by atoms with van der Waals surface area (Å²) in [7, 11) is 0. The minimum Gasteiger partial charge on any atom is -0.314 e. The molecular weight excluding hydrogens is 166 g/mol. The Morgan fingerprint density at radius 2 is 2.08 bits per heavy atom. The predicted octanol–water partition coefficient (Wildman–Crippen LogP) is 2.41. The Kier molecular flexibility index (Phi) is 3.35. The highest BCUT2D eigenvalue weighted by Crippen LogP contribution is 2.34. The summed E-state index contributed by atoms with van der Waals surface area (Å²) in [5, 5.41) is 4.65. The molecule has 0 radical (unpaired) electrons. The second-order valence-electron chi connectivity index (χ2n) is 4.01. The van der Waals surface area contributed by atoms with Crippen molar-refractivity contribution in [2.45, 2.75) is 49.8 Å². The summed E-state index contributed by atoms with van der Waals surface area (Å²) in [5.41, 5.74) is 0. The molecule has 1 aliphatic carbocycles. The van der Waals surface area contributed by atoms with E-state index in [1.54, 1.807) is 0 Å². The first-order valence-corrected chi connectivity index (χ1v) is 6.35. The number of hydrogen-bond donors (Lipinski definition) is 1. The molecule has 2 fully saturated rings. The van der Waals surface area contributed by atoms with Crippen molar-refractivity contribution < 1.29 is 0 Å². The third-order valence-electron chi connectivity index (χ3n) is 2.76. The van der Waals surface area contributed by atoms with E-state index in [0.29, 0.717) is 0 Å². The second-order valence-corrected chi connectivity index (χ2v) is 5.41. The summed E-state index contributed by atoms with van der Waals surface area (Å²) in [6, 6.07) is 0.852. The Morgan fingerprint density at radius 1 is 1.17 bits per heavy atom. The molecule has 1 aliphatic heterocycles. The molecule has 0 aromatic rings. The fraction of sp³-hybridized carbons (Fsp3) is 1.00. The largest absolute Gasteiger partial charge is 0.314 e. The van der Waals surface area contributed by atoms with Gasteiger partial charge >= 0.3 is 0 Å². The van der Waals surface area contributed by atoms with Gasteiger partial charge in [-0.2, -0.15) is 11.8 Å². The highest BCUT2D eigenvalue weighted by atomic mass is 32.2. The van der Waals surface area contributed by atoms with Gasteiger partial charge in [0.1, 0.15) is 0 Å².